The molecule has 0 aromatic carbocycles. The molecule has 0 aromatic rings. The fourth-order valence-electron chi connectivity index (χ4n) is 1.97. The van der Waals surface area contributed by atoms with E-state index in [0.717, 1.165) is 6.42 Å². The molecule has 0 aromatic heterocycles. The number of hydrogen-bond acceptors (Lipinski definition) is 3. The van der Waals surface area contributed by atoms with Gasteiger partial charge in [0.15, 0.2) is 6.29 Å². The molecule has 3 heteroatoms. The summed E-state index contributed by atoms with van der Waals surface area (Å²) in [6.45, 7) is 3.11. The van der Waals surface area contributed by atoms with Gasteiger partial charge in [-0.05, 0) is 12.8 Å². The highest BCUT2D eigenvalue weighted by atomic mass is 16.7. The molecule has 0 amide bonds. The van der Waals surface area contributed by atoms with Gasteiger partial charge in [0.1, 0.15) is 6.10 Å². The predicted molar refractivity (Wildman–Crippen MR) is 64.3 cm³/mol. The molecule has 0 bridgehead atoms. The molecule has 0 aliphatic carbocycles. The van der Waals surface area contributed by atoms with Crippen molar-refractivity contribution in [3.63, 3.8) is 0 Å². The number of aliphatic hydroxyl groups excluding tert-OH is 1. The molecule has 1 N–H and O–H groups in total. The maximum absolute atomic E-state index is 9.17. The van der Waals surface area contributed by atoms with E-state index in [0.29, 0.717) is 13.2 Å². The van der Waals surface area contributed by atoms with Gasteiger partial charge < -0.3 is 14.6 Å². The van der Waals surface area contributed by atoms with Gasteiger partial charge in [0.2, 0.25) is 0 Å². The summed E-state index contributed by atoms with van der Waals surface area (Å²) in [5, 5.41) is 9.17. The summed E-state index contributed by atoms with van der Waals surface area (Å²) in [4.78, 5) is 0. The Morgan fingerprint density at radius 3 is 2.12 bits per heavy atom. The lowest BCUT2D eigenvalue weighted by atomic mass is 10.1. The molecule has 1 aliphatic heterocycles. The van der Waals surface area contributed by atoms with Crippen molar-refractivity contribution in [3.05, 3.63) is 0 Å². The molecule has 96 valence electrons. The van der Waals surface area contributed by atoms with Crippen molar-refractivity contribution in [1.82, 2.24) is 0 Å². The van der Waals surface area contributed by atoms with Crippen molar-refractivity contribution in [2.45, 2.75) is 70.7 Å². The predicted octanol–water partition coefficient (Wildman–Crippen LogP) is 2.86. The van der Waals surface area contributed by atoms with Gasteiger partial charge in [0.25, 0.3) is 0 Å². The van der Waals surface area contributed by atoms with E-state index in [-0.39, 0.29) is 6.29 Å². The van der Waals surface area contributed by atoms with Gasteiger partial charge >= 0.3 is 0 Å². The Labute approximate surface area is 99.1 Å². The molecule has 16 heavy (non-hydrogen) atoms. The second-order valence-corrected chi connectivity index (χ2v) is 4.66. The molecule has 1 fully saturated rings. The largest absolute Gasteiger partial charge is 0.388 e. The average Bonchev–Trinajstić information content (AvgIpc) is 2.30. The minimum absolute atomic E-state index is 0.0703. The Bertz CT molecular complexity index is 153. The van der Waals surface area contributed by atoms with Crippen molar-refractivity contribution in [3.8, 4) is 0 Å². The Kier molecular flexibility index (Phi) is 7.81. The zero-order valence-electron chi connectivity index (χ0n) is 10.5. The first-order valence-corrected chi connectivity index (χ1v) is 6.74. The number of hydrogen-bond donors (Lipinski definition) is 1. The molecule has 1 saturated heterocycles. The van der Waals surface area contributed by atoms with Crippen molar-refractivity contribution < 1.29 is 14.6 Å². The standard InChI is InChI=1S/C13H26O3/c1-2-3-4-5-6-7-8-9-13-15-10-12(14)11-16-13/h12-14H,2-11H2,1H3. The van der Waals surface area contributed by atoms with E-state index in [1.807, 2.05) is 0 Å². The summed E-state index contributed by atoms with van der Waals surface area (Å²) in [5.41, 5.74) is 0. The molecule has 0 saturated carbocycles. The first kappa shape index (κ1) is 13.9. The van der Waals surface area contributed by atoms with E-state index >= 15 is 0 Å². The smallest absolute Gasteiger partial charge is 0.157 e. The second-order valence-electron chi connectivity index (χ2n) is 4.66. The van der Waals surface area contributed by atoms with Crippen LogP contribution in [0.3, 0.4) is 0 Å². The number of aliphatic hydroxyl groups is 1. The van der Waals surface area contributed by atoms with Crippen LogP contribution >= 0.6 is 0 Å². The SMILES string of the molecule is CCCCCCCCCC1OCC(O)CO1. The van der Waals surface area contributed by atoms with Crippen molar-refractivity contribution >= 4 is 0 Å². The van der Waals surface area contributed by atoms with E-state index < -0.39 is 6.10 Å². The lowest BCUT2D eigenvalue weighted by Crippen LogP contribution is -2.35. The van der Waals surface area contributed by atoms with E-state index in [2.05, 4.69) is 6.92 Å². The highest BCUT2D eigenvalue weighted by Crippen LogP contribution is 2.14. The van der Waals surface area contributed by atoms with E-state index in [9.17, 15) is 0 Å². The van der Waals surface area contributed by atoms with E-state index in [1.165, 1.54) is 44.9 Å². The quantitative estimate of drug-likeness (QED) is 0.652. The van der Waals surface area contributed by atoms with Crippen molar-refractivity contribution in [2.75, 3.05) is 13.2 Å². The highest BCUT2D eigenvalue weighted by Gasteiger charge is 2.19. The van der Waals surface area contributed by atoms with E-state index in [1.54, 1.807) is 0 Å². The third kappa shape index (κ3) is 6.46. The van der Waals surface area contributed by atoms with Gasteiger partial charge in [-0.1, -0.05) is 45.4 Å². The first-order chi connectivity index (χ1) is 7.83. The molecule has 0 spiro atoms. The van der Waals surface area contributed by atoms with Gasteiger partial charge in [0.05, 0.1) is 13.2 Å². The molecule has 1 heterocycles. The maximum atomic E-state index is 9.17. The number of rotatable bonds is 8. The molecule has 1 aliphatic rings. The molecular weight excluding hydrogens is 204 g/mol. The van der Waals surface area contributed by atoms with Gasteiger partial charge in [-0.2, -0.15) is 0 Å². The van der Waals surface area contributed by atoms with Crippen LogP contribution in [0.4, 0.5) is 0 Å². The van der Waals surface area contributed by atoms with E-state index in [4.69, 9.17) is 14.6 Å². The molecular formula is C13H26O3. The van der Waals surface area contributed by atoms with Crippen LogP contribution in [0.1, 0.15) is 58.3 Å². The summed E-state index contributed by atoms with van der Waals surface area (Å²) >= 11 is 0. The zero-order chi connectivity index (χ0) is 11.6. The number of unbranched alkanes of at least 4 members (excludes halogenated alkanes) is 6. The van der Waals surface area contributed by atoms with Crippen LogP contribution in [0.2, 0.25) is 0 Å². The zero-order valence-corrected chi connectivity index (χ0v) is 10.5. The Balaban J connectivity index is 1.84. The molecule has 0 radical (unpaired) electrons. The second kappa shape index (κ2) is 8.97. The fraction of sp³-hybridized carbons (Fsp3) is 1.00. The molecule has 1 rings (SSSR count). The molecule has 0 unspecified atom stereocenters. The van der Waals surface area contributed by atoms with Crippen LogP contribution in [0.5, 0.6) is 0 Å². The van der Waals surface area contributed by atoms with Crippen LogP contribution < -0.4 is 0 Å². The summed E-state index contributed by atoms with van der Waals surface area (Å²) in [5.74, 6) is 0. The van der Waals surface area contributed by atoms with Gasteiger partial charge in [-0.25, -0.2) is 0 Å². The van der Waals surface area contributed by atoms with Crippen molar-refractivity contribution in [2.24, 2.45) is 0 Å². The summed E-state index contributed by atoms with van der Waals surface area (Å²) in [6, 6.07) is 0. The third-order valence-corrected chi connectivity index (χ3v) is 2.99. The summed E-state index contributed by atoms with van der Waals surface area (Å²) < 4.78 is 10.7. The molecule has 3 nitrogen and oxygen atoms in total. The third-order valence-electron chi connectivity index (χ3n) is 2.99. The van der Waals surface area contributed by atoms with Crippen LogP contribution in [0, 0.1) is 0 Å². The number of ether oxygens (including phenoxy) is 2. The minimum atomic E-state index is -0.426. The molecule has 0 atom stereocenters. The fourth-order valence-corrected chi connectivity index (χ4v) is 1.97. The lowest BCUT2D eigenvalue weighted by Gasteiger charge is -2.26. The van der Waals surface area contributed by atoms with Crippen LogP contribution in [-0.4, -0.2) is 30.7 Å². The van der Waals surface area contributed by atoms with Gasteiger partial charge in [0, 0.05) is 0 Å². The topological polar surface area (TPSA) is 38.7 Å². The monoisotopic (exact) mass is 230 g/mol. The average molecular weight is 230 g/mol. The minimum Gasteiger partial charge on any atom is -0.388 e. The summed E-state index contributed by atoms with van der Waals surface area (Å²) in [7, 11) is 0. The Hall–Kier alpha value is -0.120. The van der Waals surface area contributed by atoms with Crippen molar-refractivity contribution in [1.29, 1.82) is 0 Å². The summed E-state index contributed by atoms with van der Waals surface area (Å²) in [6.07, 6.45) is 9.67. The highest BCUT2D eigenvalue weighted by molar-refractivity contribution is 4.60. The Morgan fingerprint density at radius 2 is 1.50 bits per heavy atom. The van der Waals surface area contributed by atoms with Gasteiger partial charge in [-0.15, -0.1) is 0 Å². The normalized spacial score (nSPS) is 25.9. The van der Waals surface area contributed by atoms with Crippen LogP contribution in [0.25, 0.3) is 0 Å². The lowest BCUT2D eigenvalue weighted by molar-refractivity contribution is -0.218. The van der Waals surface area contributed by atoms with Gasteiger partial charge in [-0.3, -0.25) is 0 Å². The maximum Gasteiger partial charge on any atom is 0.157 e. The van der Waals surface area contributed by atoms with Crippen LogP contribution in [0.15, 0.2) is 0 Å². The van der Waals surface area contributed by atoms with Crippen LogP contribution in [-0.2, 0) is 9.47 Å². The Morgan fingerprint density at radius 1 is 0.938 bits per heavy atom. The first-order valence-electron chi connectivity index (χ1n) is 6.74.